The van der Waals surface area contributed by atoms with E-state index in [0.29, 0.717) is 0 Å². The summed E-state index contributed by atoms with van der Waals surface area (Å²) in [5.41, 5.74) is 0. The van der Waals surface area contributed by atoms with Gasteiger partial charge in [-0.25, -0.2) is 0 Å². The van der Waals surface area contributed by atoms with Crippen molar-refractivity contribution in [1.29, 1.82) is 0 Å². The third kappa shape index (κ3) is 7.28. The van der Waals surface area contributed by atoms with E-state index < -0.39 is 0 Å². The highest BCUT2D eigenvalue weighted by Crippen LogP contribution is 1.98. The largest absolute Gasteiger partial charge is 0.318 e. The Morgan fingerprint density at radius 1 is 1.00 bits per heavy atom. The molecule has 0 saturated carbocycles. The van der Waals surface area contributed by atoms with E-state index in [2.05, 4.69) is 39.4 Å². The van der Waals surface area contributed by atoms with Gasteiger partial charge in [-0.3, -0.25) is 4.90 Å². The highest BCUT2D eigenvalue weighted by atomic mass is 15.3. The van der Waals surface area contributed by atoms with Crippen molar-refractivity contribution in [2.45, 2.75) is 0 Å². The molecule has 1 aliphatic rings. The molecule has 1 rings (SSSR count). The number of nitrogens with zero attached hydrogens (tertiary/aromatic N) is 3. The van der Waals surface area contributed by atoms with Gasteiger partial charge in [-0.15, -0.1) is 0 Å². The highest BCUT2D eigenvalue weighted by Gasteiger charge is 2.13. The van der Waals surface area contributed by atoms with Gasteiger partial charge >= 0.3 is 0 Å². The van der Waals surface area contributed by atoms with Crippen LogP contribution in [0, 0.1) is 0 Å². The van der Waals surface area contributed by atoms with Crippen molar-refractivity contribution in [3.05, 3.63) is 0 Å². The summed E-state index contributed by atoms with van der Waals surface area (Å²) in [4.78, 5) is 7.40. The molecule has 0 aromatic rings. The first-order valence-corrected chi connectivity index (χ1v) is 7.17. The van der Waals surface area contributed by atoms with Crippen LogP contribution in [-0.4, -0.2) is 101 Å². The molecule has 0 aromatic carbocycles. The van der Waals surface area contributed by atoms with Crippen LogP contribution in [0.15, 0.2) is 0 Å². The molecule has 0 bridgehead atoms. The molecule has 1 heterocycles. The second-order valence-electron chi connectivity index (χ2n) is 5.30. The zero-order valence-corrected chi connectivity index (χ0v) is 12.4. The molecule has 0 aromatic heterocycles. The standard InChI is InChI=1S/C13H31N5/c1-14-4-5-15-6-7-16(2)8-11-18-12-9-17(3)10-13-18/h14-15H,4-13H2,1-3H3. The second kappa shape index (κ2) is 9.69. The normalized spacial score (nSPS) is 18.7. The van der Waals surface area contributed by atoms with Gasteiger partial charge in [0.2, 0.25) is 0 Å². The van der Waals surface area contributed by atoms with E-state index in [4.69, 9.17) is 0 Å². The second-order valence-corrected chi connectivity index (χ2v) is 5.30. The summed E-state index contributed by atoms with van der Waals surface area (Å²) < 4.78 is 0. The van der Waals surface area contributed by atoms with Gasteiger partial charge in [-0.1, -0.05) is 0 Å². The number of rotatable bonds is 9. The molecule has 108 valence electrons. The maximum absolute atomic E-state index is 3.44. The number of likely N-dealkylation sites (N-methyl/N-ethyl adjacent to an activating group) is 3. The first-order valence-electron chi connectivity index (χ1n) is 7.17. The van der Waals surface area contributed by atoms with Gasteiger partial charge in [-0.2, -0.15) is 0 Å². The molecule has 0 atom stereocenters. The molecule has 1 saturated heterocycles. The van der Waals surface area contributed by atoms with E-state index >= 15 is 0 Å². The van der Waals surface area contributed by atoms with Gasteiger partial charge in [0.15, 0.2) is 0 Å². The average Bonchev–Trinajstić information content (AvgIpc) is 2.38. The first-order chi connectivity index (χ1) is 8.72. The number of hydrogen-bond acceptors (Lipinski definition) is 5. The topological polar surface area (TPSA) is 33.8 Å². The molecule has 0 spiro atoms. The predicted molar refractivity (Wildman–Crippen MR) is 78.2 cm³/mol. The van der Waals surface area contributed by atoms with E-state index in [1.165, 1.54) is 39.3 Å². The van der Waals surface area contributed by atoms with Crippen LogP contribution in [0.2, 0.25) is 0 Å². The van der Waals surface area contributed by atoms with Gasteiger partial charge in [0, 0.05) is 65.4 Å². The summed E-state index contributed by atoms with van der Waals surface area (Å²) in [7, 11) is 6.42. The third-order valence-corrected chi connectivity index (χ3v) is 3.62. The molecule has 0 aliphatic carbocycles. The lowest BCUT2D eigenvalue weighted by Crippen LogP contribution is -2.47. The van der Waals surface area contributed by atoms with Crippen LogP contribution < -0.4 is 10.6 Å². The summed E-state index contributed by atoms with van der Waals surface area (Å²) in [6.07, 6.45) is 0. The van der Waals surface area contributed by atoms with Crippen LogP contribution in [0.3, 0.4) is 0 Å². The Morgan fingerprint density at radius 2 is 1.72 bits per heavy atom. The number of nitrogens with one attached hydrogen (secondary N) is 2. The Morgan fingerprint density at radius 3 is 2.39 bits per heavy atom. The molecular weight excluding hydrogens is 226 g/mol. The molecule has 2 N–H and O–H groups in total. The number of hydrogen-bond donors (Lipinski definition) is 2. The predicted octanol–water partition coefficient (Wildman–Crippen LogP) is -1.03. The summed E-state index contributed by atoms with van der Waals surface area (Å²) in [6.45, 7) is 11.6. The lowest BCUT2D eigenvalue weighted by atomic mass is 10.3. The average molecular weight is 257 g/mol. The Kier molecular flexibility index (Phi) is 8.54. The monoisotopic (exact) mass is 257 g/mol. The minimum Gasteiger partial charge on any atom is -0.318 e. The molecule has 0 radical (unpaired) electrons. The van der Waals surface area contributed by atoms with Crippen LogP contribution in [0.1, 0.15) is 0 Å². The van der Waals surface area contributed by atoms with Crippen molar-refractivity contribution in [2.75, 3.05) is 86.6 Å². The van der Waals surface area contributed by atoms with Crippen LogP contribution in [-0.2, 0) is 0 Å². The van der Waals surface area contributed by atoms with Crippen molar-refractivity contribution in [1.82, 2.24) is 25.3 Å². The summed E-state index contributed by atoms with van der Waals surface area (Å²) in [5, 5.41) is 6.58. The van der Waals surface area contributed by atoms with Crippen molar-refractivity contribution in [2.24, 2.45) is 0 Å². The maximum Gasteiger partial charge on any atom is 0.0110 e. The van der Waals surface area contributed by atoms with Crippen molar-refractivity contribution in [3.8, 4) is 0 Å². The fourth-order valence-electron chi connectivity index (χ4n) is 2.10. The zero-order valence-electron chi connectivity index (χ0n) is 12.4. The summed E-state index contributed by atoms with van der Waals surface area (Å²) in [5.74, 6) is 0. The molecule has 5 nitrogen and oxygen atoms in total. The Bertz CT molecular complexity index is 192. The molecule has 18 heavy (non-hydrogen) atoms. The smallest absolute Gasteiger partial charge is 0.0110 e. The van der Waals surface area contributed by atoms with Crippen molar-refractivity contribution >= 4 is 0 Å². The molecular formula is C13H31N5. The van der Waals surface area contributed by atoms with Gasteiger partial charge in [0.1, 0.15) is 0 Å². The van der Waals surface area contributed by atoms with Crippen LogP contribution in [0.25, 0.3) is 0 Å². The van der Waals surface area contributed by atoms with E-state index in [-0.39, 0.29) is 0 Å². The first kappa shape index (κ1) is 15.9. The minimum atomic E-state index is 1.05. The quantitative estimate of drug-likeness (QED) is 0.517. The lowest BCUT2D eigenvalue weighted by Gasteiger charge is -2.33. The van der Waals surface area contributed by atoms with Gasteiger partial charge < -0.3 is 20.4 Å². The SMILES string of the molecule is CNCCNCCN(C)CCN1CCN(C)CC1. The molecule has 1 aliphatic heterocycles. The van der Waals surface area contributed by atoms with Crippen LogP contribution in [0.5, 0.6) is 0 Å². The fourth-order valence-corrected chi connectivity index (χ4v) is 2.10. The van der Waals surface area contributed by atoms with Crippen molar-refractivity contribution in [3.63, 3.8) is 0 Å². The highest BCUT2D eigenvalue weighted by molar-refractivity contribution is 4.70. The lowest BCUT2D eigenvalue weighted by molar-refractivity contribution is 0.141. The van der Waals surface area contributed by atoms with Crippen LogP contribution in [0.4, 0.5) is 0 Å². The zero-order chi connectivity index (χ0) is 13.2. The third-order valence-electron chi connectivity index (χ3n) is 3.62. The summed E-state index contributed by atoms with van der Waals surface area (Å²) >= 11 is 0. The van der Waals surface area contributed by atoms with Gasteiger partial charge in [0.05, 0.1) is 0 Å². The Hall–Kier alpha value is -0.200. The Labute approximate surface area is 112 Å². The summed E-state index contributed by atoms with van der Waals surface area (Å²) in [6, 6.07) is 0. The molecule has 0 amide bonds. The van der Waals surface area contributed by atoms with E-state index in [1.807, 2.05) is 7.05 Å². The molecule has 1 fully saturated rings. The van der Waals surface area contributed by atoms with E-state index in [0.717, 1.165) is 26.2 Å². The van der Waals surface area contributed by atoms with Gasteiger partial charge in [0.25, 0.3) is 0 Å². The molecule has 0 unspecified atom stereocenters. The van der Waals surface area contributed by atoms with Gasteiger partial charge in [-0.05, 0) is 21.1 Å². The maximum atomic E-state index is 3.44. The Balaban J connectivity index is 1.94. The van der Waals surface area contributed by atoms with Crippen molar-refractivity contribution < 1.29 is 0 Å². The van der Waals surface area contributed by atoms with E-state index in [9.17, 15) is 0 Å². The molecule has 5 heteroatoms. The fraction of sp³-hybridized carbons (Fsp3) is 1.00. The van der Waals surface area contributed by atoms with E-state index in [1.54, 1.807) is 0 Å². The van der Waals surface area contributed by atoms with Crippen LogP contribution >= 0.6 is 0 Å². The minimum absolute atomic E-state index is 1.05. The number of piperazine rings is 1.